The molecule has 1 fully saturated rings. The van der Waals surface area contributed by atoms with Gasteiger partial charge in [0.15, 0.2) is 0 Å². The number of pyridine rings is 1. The van der Waals surface area contributed by atoms with Crippen molar-refractivity contribution < 1.29 is 5.21 Å². The first kappa shape index (κ1) is 13.8. The number of nitrogens with zero attached hydrogens (tertiary/aromatic N) is 4. The van der Waals surface area contributed by atoms with Crippen molar-refractivity contribution in [2.75, 3.05) is 31.1 Å². The summed E-state index contributed by atoms with van der Waals surface area (Å²) in [4.78, 5) is 9.02. The van der Waals surface area contributed by atoms with Gasteiger partial charge in [-0.05, 0) is 32.9 Å². The molecule has 19 heavy (non-hydrogen) atoms. The fourth-order valence-corrected chi connectivity index (χ4v) is 2.39. The van der Waals surface area contributed by atoms with Gasteiger partial charge in [0.05, 0.1) is 11.3 Å². The largest absolute Gasteiger partial charge is 0.411 e. The predicted molar refractivity (Wildman–Crippen MR) is 77.0 cm³/mol. The molecule has 1 aliphatic rings. The highest BCUT2D eigenvalue weighted by molar-refractivity contribution is 5.90. The lowest BCUT2D eigenvalue weighted by Gasteiger charge is -2.44. The Hall–Kier alpha value is -1.62. The second-order valence-corrected chi connectivity index (χ2v) is 5.41. The van der Waals surface area contributed by atoms with Crippen LogP contribution < -0.4 is 4.90 Å². The van der Waals surface area contributed by atoms with Gasteiger partial charge in [0.2, 0.25) is 0 Å². The van der Waals surface area contributed by atoms with Crippen LogP contribution in [0.1, 0.15) is 20.8 Å². The van der Waals surface area contributed by atoms with Crippen LogP contribution in [0.15, 0.2) is 29.6 Å². The van der Waals surface area contributed by atoms with Gasteiger partial charge in [0.1, 0.15) is 5.82 Å². The molecule has 1 aliphatic heterocycles. The summed E-state index contributed by atoms with van der Waals surface area (Å²) in [7, 11) is 0. The topological polar surface area (TPSA) is 52.0 Å². The van der Waals surface area contributed by atoms with E-state index in [9.17, 15) is 0 Å². The van der Waals surface area contributed by atoms with Gasteiger partial charge in [-0.25, -0.2) is 4.98 Å². The number of aromatic nitrogens is 1. The van der Waals surface area contributed by atoms with Crippen LogP contribution in [-0.2, 0) is 0 Å². The van der Waals surface area contributed by atoms with Crippen molar-refractivity contribution in [3.63, 3.8) is 0 Å². The van der Waals surface area contributed by atoms with Crippen molar-refractivity contribution in [2.24, 2.45) is 5.16 Å². The number of piperazine rings is 1. The van der Waals surface area contributed by atoms with Crippen LogP contribution >= 0.6 is 0 Å². The van der Waals surface area contributed by atoms with Crippen LogP contribution in [0.5, 0.6) is 0 Å². The maximum atomic E-state index is 8.97. The number of oxime groups is 1. The van der Waals surface area contributed by atoms with Crippen molar-refractivity contribution in [1.29, 1.82) is 0 Å². The molecule has 5 heteroatoms. The minimum absolute atomic E-state index is 0.203. The lowest BCUT2D eigenvalue weighted by Crippen LogP contribution is -2.57. The van der Waals surface area contributed by atoms with Crippen LogP contribution in [0.4, 0.5) is 5.82 Å². The molecule has 2 heterocycles. The highest BCUT2D eigenvalue weighted by Gasteiger charge is 2.32. The van der Waals surface area contributed by atoms with Crippen molar-refractivity contribution in [1.82, 2.24) is 9.88 Å². The van der Waals surface area contributed by atoms with Crippen molar-refractivity contribution >= 4 is 11.5 Å². The second kappa shape index (κ2) is 5.57. The normalized spacial score (nSPS) is 18.7. The molecule has 5 nitrogen and oxygen atoms in total. The van der Waals surface area contributed by atoms with E-state index in [2.05, 4.69) is 33.8 Å². The molecule has 0 amide bonds. The van der Waals surface area contributed by atoms with Gasteiger partial charge in [-0.1, -0.05) is 11.2 Å². The molecule has 0 aromatic carbocycles. The monoisotopic (exact) mass is 262 g/mol. The Morgan fingerprint density at radius 2 is 1.95 bits per heavy atom. The van der Waals surface area contributed by atoms with Gasteiger partial charge in [-0.2, -0.15) is 0 Å². The first-order chi connectivity index (χ1) is 9.05. The maximum absolute atomic E-state index is 8.97. The van der Waals surface area contributed by atoms with E-state index in [1.54, 1.807) is 0 Å². The Bertz CT molecular complexity index is 436. The lowest BCUT2D eigenvalue weighted by molar-refractivity contribution is 0.161. The fourth-order valence-electron chi connectivity index (χ4n) is 2.39. The molecule has 1 aromatic rings. The number of anilines is 1. The molecule has 2 rings (SSSR count). The quantitative estimate of drug-likeness (QED) is 0.513. The van der Waals surface area contributed by atoms with Crippen molar-refractivity contribution in [3.8, 4) is 0 Å². The van der Waals surface area contributed by atoms with Gasteiger partial charge in [0, 0.05) is 32.4 Å². The smallest absolute Gasteiger partial charge is 0.128 e. The average Bonchev–Trinajstić information content (AvgIpc) is 2.47. The Morgan fingerprint density at radius 3 is 2.47 bits per heavy atom. The summed E-state index contributed by atoms with van der Waals surface area (Å²) < 4.78 is 0. The molecule has 0 unspecified atom stereocenters. The van der Waals surface area contributed by atoms with Crippen molar-refractivity contribution in [3.05, 3.63) is 24.4 Å². The molecule has 1 aromatic heterocycles. The minimum atomic E-state index is -0.203. The highest BCUT2D eigenvalue weighted by atomic mass is 16.4. The number of hydrogen-bond acceptors (Lipinski definition) is 5. The Morgan fingerprint density at radius 1 is 1.26 bits per heavy atom. The zero-order chi connectivity index (χ0) is 13.9. The number of rotatable bonds is 3. The molecule has 0 radical (unpaired) electrons. The van der Waals surface area contributed by atoms with Gasteiger partial charge in [-0.15, -0.1) is 0 Å². The zero-order valence-electron chi connectivity index (χ0n) is 11.9. The number of hydrogen-bond donors (Lipinski definition) is 1. The SMILES string of the molecule is CC(=NO)C(C)(C)N1CCN(c2ccccn2)CC1. The van der Waals surface area contributed by atoms with E-state index in [-0.39, 0.29) is 5.54 Å². The summed E-state index contributed by atoms with van der Waals surface area (Å²) in [5, 5.41) is 12.3. The van der Waals surface area contributed by atoms with Gasteiger partial charge in [-0.3, -0.25) is 4.90 Å². The summed E-state index contributed by atoms with van der Waals surface area (Å²) in [6, 6.07) is 5.99. The summed E-state index contributed by atoms with van der Waals surface area (Å²) in [5.74, 6) is 1.03. The van der Waals surface area contributed by atoms with Gasteiger partial charge in [0.25, 0.3) is 0 Å². The van der Waals surface area contributed by atoms with E-state index < -0.39 is 0 Å². The summed E-state index contributed by atoms with van der Waals surface area (Å²) in [5.41, 5.74) is 0.545. The van der Waals surface area contributed by atoms with E-state index in [1.165, 1.54) is 0 Å². The third-order valence-corrected chi connectivity index (χ3v) is 4.08. The zero-order valence-corrected chi connectivity index (χ0v) is 11.9. The summed E-state index contributed by atoms with van der Waals surface area (Å²) >= 11 is 0. The minimum Gasteiger partial charge on any atom is -0.411 e. The second-order valence-electron chi connectivity index (χ2n) is 5.41. The van der Waals surface area contributed by atoms with Crippen LogP contribution in [0.25, 0.3) is 0 Å². The molecule has 0 spiro atoms. The Labute approximate surface area is 114 Å². The molecule has 1 N–H and O–H groups in total. The van der Waals surface area contributed by atoms with Gasteiger partial charge >= 0.3 is 0 Å². The van der Waals surface area contributed by atoms with Crippen LogP contribution in [0.3, 0.4) is 0 Å². The van der Waals surface area contributed by atoms with Crippen LogP contribution in [0, 0.1) is 0 Å². The molecule has 0 aliphatic carbocycles. The third-order valence-electron chi connectivity index (χ3n) is 4.08. The Balaban J connectivity index is 2.00. The van der Waals surface area contributed by atoms with E-state index in [0.29, 0.717) is 0 Å². The van der Waals surface area contributed by atoms with E-state index in [0.717, 1.165) is 37.7 Å². The lowest BCUT2D eigenvalue weighted by atomic mass is 9.96. The van der Waals surface area contributed by atoms with Crippen LogP contribution in [-0.4, -0.2) is 52.5 Å². The molecule has 104 valence electrons. The van der Waals surface area contributed by atoms with E-state index in [4.69, 9.17) is 5.21 Å². The molecular weight excluding hydrogens is 240 g/mol. The molecular formula is C14H22N4O. The molecule has 1 saturated heterocycles. The first-order valence-corrected chi connectivity index (χ1v) is 6.66. The average molecular weight is 262 g/mol. The van der Waals surface area contributed by atoms with E-state index in [1.807, 2.05) is 31.3 Å². The standard InChI is InChI=1S/C14H22N4O/c1-12(16-19)14(2,3)18-10-8-17(9-11-18)13-6-4-5-7-15-13/h4-7,19H,8-11H2,1-3H3. The maximum Gasteiger partial charge on any atom is 0.128 e. The molecule has 0 atom stereocenters. The van der Waals surface area contributed by atoms with Crippen LogP contribution in [0.2, 0.25) is 0 Å². The summed E-state index contributed by atoms with van der Waals surface area (Å²) in [6.07, 6.45) is 1.83. The molecule has 0 bridgehead atoms. The fraction of sp³-hybridized carbons (Fsp3) is 0.571. The summed E-state index contributed by atoms with van der Waals surface area (Å²) in [6.45, 7) is 9.83. The van der Waals surface area contributed by atoms with Gasteiger partial charge < -0.3 is 10.1 Å². The first-order valence-electron chi connectivity index (χ1n) is 6.66. The molecule has 0 saturated carbocycles. The Kier molecular flexibility index (Phi) is 4.04. The third kappa shape index (κ3) is 2.87. The van der Waals surface area contributed by atoms with E-state index >= 15 is 0 Å². The predicted octanol–water partition coefficient (Wildman–Crippen LogP) is 1.83. The van der Waals surface area contributed by atoms with Crippen molar-refractivity contribution in [2.45, 2.75) is 26.3 Å². The highest BCUT2D eigenvalue weighted by Crippen LogP contribution is 2.21.